The maximum absolute atomic E-state index is 12.5. The predicted molar refractivity (Wildman–Crippen MR) is 101 cm³/mol. The van der Waals surface area contributed by atoms with Crippen molar-refractivity contribution < 1.29 is 14.4 Å². The monoisotopic (exact) mass is 380 g/mol. The van der Waals surface area contributed by atoms with E-state index in [9.17, 15) is 14.4 Å². The Morgan fingerprint density at radius 2 is 1.96 bits per heavy atom. The molecule has 1 fully saturated rings. The van der Waals surface area contributed by atoms with E-state index in [0.29, 0.717) is 23.2 Å². The van der Waals surface area contributed by atoms with E-state index in [2.05, 4.69) is 24.5 Å². The zero-order chi connectivity index (χ0) is 19.3. The van der Waals surface area contributed by atoms with Crippen molar-refractivity contribution in [1.82, 2.24) is 10.6 Å². The van der Waals surface area contributed by atoms with Crippen molar-refractivity contribution in [3.63, 3.8) is 0 Å². The molecule has 1 aromatic carbocycles. The number of rotatable bonds is 8. The number of amides is 4. The van der Waals surface area contributed by atoms with Crippen molar-refractivity contribution in [2.75, 3.05) is 11.4 Å². The molecule has 1 aliphatic heterocycles. The Hall–Kier alpha value is -2.12. The topological polar surface area (TPSA) is 105 Å². The third-order valence-corrected chi connectivity index (χ3v) is 4.42. The first-order valence-corrected chi connectivity index (χ1v) is 9.09. The van der Waals surface area contributed by atoms with E-state index in [-0.39, 0.29) is 30.7 Å². The zero-order valence-corrected chi connectivity index (χ0v) is 15.8. The van der Waals surface area contributed by atoms with Crippen LogP contribution in [0, 0.1) is 5.92 Å². The van der Waals surface area contributed by atoms with Gasteiger partial charge in [0.2, 0.25) is 5.91 Å². The molecule has 26 heavy (non-hydrogen) atoms. The lowest BCUT2D eigenvalue weighted by Gasteiger charge is -2.19. The molecule has 0 aromatic heterocycles. The lowest BCUT2D eigenvalue weighted by atomic mass is 10.0. The van der Waals surface area contributed by atoms with E-state index in [1.165, 1.54) is 0 Å². The number of hydrogen-bond acceptors (Lipinski definition) is 4. The number of carbonyl (C=O) groups is 3. The summed E-state index contributed by atoms with van der Waals surface area (Å²) in [6.07, 6.45) is 1.17. The fraction of sp³-hybridized carbons (Fsp3) is 0.500. The number of nitrogens with one attached hydrogen (secondary N) is 2. The molecule has 1 aliphatic rings. The quantitative estimate of drug-likeness (QED) is 0.600. The third-order valence-electron chi connectivity index (χ3n) is 4.17. The van der Waals surface area contributed by atoms with Gasteiger partial charge in [-0.1, -0.05) is 25.4 Å². The summed E-state index contributed by atoms with van der Waals surface area (Å²) in [5.41, 5.74) is 6.13. The van der Waals surface area contributed by atoms with Crippen LogP contribution in [0.4, 0.5) is 10.5 Å². The zero-order valence-electron chi connectivity index (χ0n) is 15.0. The summed E-state index contributed by atoms with van der Waals surface area (Å²) < 4.78 is 0. The van der Waals surface area contributed by atoms with Crippen LogP contribution in [-0.2, 0) is 9.59 Å². The second kappa shape index (κ2) is 9.00. The minimum absolute atomic E-state index is 0.0815. The Bertz CT molecular complexity index is 663. The Labute approximate surface area is 158 Å². The minimum Gasteiger partial charge on any atom is -0.352 e. The lowest BCUT2D eigenvalue weighted by molar-refractivity contribution is -0.122. The van der Waals surface area contributed by atoms with Crippen LogP contribution in [0.15, 0.2) is 24.3 Å². The average Bonchev–Trinajstić information content (AvgIpc) is 2.87. The fourth-order valence-electron chi connectivity index (χ4n) is 2.92. The number of nitrogens with two attached hydrogens (primary N) is 1. The van der Waals surface area contributed by atoms with Crippen molar-refractivity contribution in [1.29, 1.82) is 0 Å². The van der Waals surface area contributed by atoms with Gasteiger partial charge < -0.3 is 16.4 Å². The second-order valence-corrected chi connectivity index (χ2v) is 7.26. The number of imide groups is 1. The summed E-state index contributed by atoms with van der Waals surface area (Å²) in [6.45, 7) is 4.49. The number of benzene rings is 1. The first kappa shape index (κ1) is 20.2. The highest BCUT2D eigenvalue weighted by Gasteiger charge is 2.38. The van der Waals surface area contributed by atoms with Crippen LogP contribution in [0.5, 0.6) is 0 Å². The summed E-state index contributed by atoms with van der Waals surface area (Å²) in [5, 5.41) is 6.02. The summed E-state index contributed by atoms with van der Waals surface area (Å²) in [7, 11) is 0. The standard InChI is InChI=1S/C18H25ClN4O3/c1-11(2)9-13(10-20)21-16(24)8-7-15-17(25)23(18(26)22-15)14-5-3-12(19)4-6-14/h3-6,11,13,15H,7-10,20H2,1-2H3,(H,21,24)(H,22,26). The maximum Gasteiger partial charge on any atom is 0.329 e. The van der Waals surface area contributed by atoms with Crippen LogP contribution >= 0.6 is 11.6 Å². The van der Waals surface area contributed by atoms with Crippen LogP contribution in [0.1, 0.15) is 33.1 Å². The molecule has 0 bridgehead atoms. The minimum atomic E-state index is -0.717. The van der Waals surface area contributed by atoms with Crippen molar-refractivity contribution in [2.45, 2.75) is 45.2 Å². The largest absolute Gasteiger partial charge is 0.352 e. The molecule has 1 heterocycles. The Balaban J connectivity index is 1.90. The second-order valence-electron chi connectivity index (χ2n) is 6.82. The highest BCUT2D eigenvalue weighted by atomic mass is 35.5. The van der Waals surface area contributed by atoms with Crippen molar-refractivity contribution in [3.05, 3.63) is 29.3 Å². The number of halogens is 1. The van der Waals surface area contributed by atoms with Gasteiger partial charge in [0.25, 0.3) is 5.91 Å². The highest BCUT2D eigenvalue weighted by Crippen LogP contribution is 2.23. The molecule has 7 nitrogen and oxygen atoms in total. The summed E-state index contributed by atoms with van der Waals surface area (Å²) in [4.78, 5) is 37.8. The lowest BCUT2D eigenvalue weighted by Crippen LogP contribution is -2.41. The van der Waals surface area contributed by atoms with Gasteiger partial charge >= 0.3 is 6.03 Å². The van der Waals surface area contributed by atoms with E-state index < -0.39 is 12.1 Å². The third kappa shape index (κ3) is 5.19. The molecule has 0 saturated carbocycles. The first-order valence-electron chi connectivity index (χ1n) is 8.71. The molecule has 4 amide bonds. The number of carbonyl (C=O) groups excluding carboxylic acids is 3. The van der Waals surface area contributed by atoms with Crippen LogP contribution in [0.3, 0.4) is 0 Å². The van der Waals surface area contributed by atoms with Crippen LogP contribution in [-0.4, -0.2) is 36.5 Å². The number of hydrogen-bond donors (Lipinski definition) is 3. The number of urea groups is 1. The van der Waals surface area contributed by atoms with Gasteiger partial charge in [0.15, 0.2) is 0 Å². The van der Waals surface area contributed by atoms with E-state index >= 15 is 0 Å². The van der Waals surface area contributed by atoms with Crippen molar-refractivity contribution >= 4 is 35.1 Å². The molecule has 4 N–H and O–H groups in total. The van der Waals surface area contributed by atoms with Gasteiger partial charge in [0, 0.05) is 24.0 Å². The smallest absolute Gasteiger partial charge is 0.329 e. The van der Waals surface area contributed by atoms with Crippen molar-refractivity contribution in [2.24, 2.45) is 11.7 Å². The van der Waals surface area contributed by atoms with Gasteiger partial charge in [0.05, 0.1) is 5.69 Å². The molecule has 8 heteroatoms. The average molecular weight is 381 g/mol. The van der Waals surface area contributed by atoms with Crippen molar-refractivity contribution in [3.8, 4) is 0 Å². The van der Waals surface area contributed by atoms with Crippen LogP contribution in [0.25, 0.3) is 0 Å². The van der Waals surface area contributed by atoms with E-state index in [1.807, 2.05) is 0 Å². The summed E-state index contributed by atoms with van der Waals surface area (Å²) in [5.74, 6) is -0.122. The molecule has 1 aromatic rings. The van der Waals surface area contributed by atoms with Gasteiger partial charge in [-0.05, 0) is 43.0 Å². The predicted octanol–water partition coefficient (Wildman–Crippen LogP) is 2.03. The SMILES string of the molecule is CC(C)CC(CN)NC(=O)CCC1NC(=O)N(c2ccc(Cl)cc2)C1=O. The normalized spacial score (nSPS) is 18.2. The summed E-state index contributed by atoms with van der Waals surface area (Å²) >= 11 is 5.83. The van der Waals surface area contributed by atoms with Gasteiger partial charge in [0.1, 0.15) is 6.04 Å². The summed E-state index contributed by atoms with van der Waals surface area (Å²) in [6, 6.07) is 5.13. The molecule has 1 saturated heterocycles. The van der Waals surface area contributed by atoms with Crippen LogP contribution < -0.4 is 21.3 Å². The first-order chi connectivity index (χ1) is 12.3. The Kier molecular flexibility index (Phi) is 6.99. The van der Waals surface area contributed by atoms with E-state index in [0.717, 1.165) is 11.3 Å². The molecule has 2 rings (SSSR count). The van der Waals surface area contributed by atoms with E-state index in [4.69, 9.17) is 17.3 Å². The molecule has 0 aliphatic carbocycles. The molecule has 2 unspecified atom stereocenters. The van der Waals surface area contributed by atoms with Gasteiger partial charge in [-0.15, -0.1) is 0 Å². The molecule has 0 spiro atoms. The molecule has 2 atom stereocenters. The Morgan fingerprint density at radius 1 is 1.31 bits per heavy atom. The number of anilines is 1. The molecule has 0 radical (unpaired) electrons. The van der Waals surface area contributed by atoms with Gasteiger partial charge in [-0.2, -0.15) is 0 Å². The van der Waals surface area contributed by atoms with E-state index in [1.54, 1.807) is 24.3 Å². The van der Waals surface area contributed by atoms with Gasteiger partial charge in [-0.3, -0.25) is 9.59 Å². The molecule has 142 valence electrons. The highest BCUT2D eigenvalue weighted by molar-refractivity contribution is 6.30. The maximum atomic E-state index is 12.5. The fourth-order valence-corrected chi connectivity index (χ4v) is 3.05. The van der Waals surface area contributed by atoms with Crippen LogP contribution in [0.2, 0.25) is 5.02 Å². The number of nitrogens with zero attached hydrogens (tertiary/aromatic N) is 1. The molecular weight excluding hydrogens is 356 g/mol. The molecular formula is C18H25ClN4O3. The Morgan fingerprint density at radius 3 is 2.54 bits per heavy atom. The van der Waals surface area contributed by atoms with Gasteiger partial charge in [-0.25, -0.2) is 9.69 Å².